The SMILES string of the molecule is CCCCCCC/C=C\C/C=C\CCCCCCCCCCCCCCCCOCC(COP(=O)(O)OCCN)OC(=O)CCCCCCCCCCCCC. The zero-order valence-electron chi connectivity index (χ0n) is 36.9. The summed E-state index contributed by atoms with van der Waals surface area (Å²) in [5, 5.41) is 0. The number of esters is 1. The Morgan fingerprint density at radius 1 is 0.536 bits per heavy atom. The van der Waals surface area contributed by atoms with Gasteiger partial charge in [-0.2, -0.15) is 0 Å². The van der Waals surface area contributed by atoms with Gasteiger partial charge in [0.1, 0.15) is 6.10 Å². The van der Waals surface area contributed by atoms with Gasteiger partial charge in [0, 0.05) is 19.6 Å². The first-order valence-corrected chi connectivity index (χ1v) is 25.3. The molecule has 0 radical (unpaired) electrons. The second-order valence-corrected chi connectivity index (χ2v) is 17.4. The van der Waals surface area contributed by atoms with Gasteiger partial charge in [-0.15, -0.1) is 0 Å². The van der Waals surface area contributed by atoms with Gasteiger partial charge >= 0.3 is 13.8 Å². The third-order valence-electron chi connectivity index (χ3n) is 10.4. The molecule has 3 N–H and O–H groups in total. The molecule has 2 atom stereocenters. The Bertz CT molecular complexity index is 915. The van der Waals surface area contributed by atoms with Crippen molar-refractivity contribution in [1.82, 2.24) is 0 Å². The van der Waals surface area contributed by atoms with E-state index >= 15 is 0 Å². The molecule has 0 amide bonds. The lowest BCUT2D eigenvalue weighted by Crippen LogP contribution is -2.28. The van der Waals surface area contributed by atoms with Gasteiger partial charge in [-0.3, -0.25) is 13.8 Å². The van der Waals surface area contributed by atoms with E-state index in [1.807, 2.05) is 0 Å². The van der Waals surface area contributed by atoms with E-state index in [4.69, 9.17) is 24.3 Å². The minimum Gasteiger partial charge on any atom is -0.457 e. The van der Waals surface area contributed by atoms with Crippen molar-refractivity contribution < 1.29 is 32.8 Å². The molecule has 0 bridgehead atoms. The molecule has 0 aliphatic rings. The van der Waals surface area contributed by atoms with Crippen LogP contribution in [0.5, 0.6) is 0 Å². The number of carbonyl (C=O) groups is 1. The van der Waals surface area contributed by atoms with Crippen molar-refractivity contribution in [3.8, 4) is 0 Å². The molecule has 0 aromatic rings. The predicted octanol–water partition coefficient (Wildman–Crippen LogP) is 14.4. The summed E-state index contributed by atoms with van der Waals surface area (Å²) in [4.78, 5) is 22.4. The molecule has 0 aromatic heterocycles. The van der Waals surface area contributed by atoms with Gasteiger partial charge in [0.25, 0.3) is 0 Å². The highest BCUT2D eigenvalue weighted by atomic mass is 31.2. The number of phosphoric acid groups is 1. The minimum absolute atomic E-state index is 0.0929. The second kappa shape index (κ2) is 45.1. The Morgan fingerprint density at radius 3 is 1.39 bits per heavy atom. The van der Waals surface area contributed by atoms with Gasteiger partial charge in [-0.1, -0.05) is 205 Å². The summed E-state index contributed by atoms with van der Waals surface area (Å²) in [6, 6.07) is 0. The van der Waals surface area contributed by atoms with Crippen LogP contribution in [0.25, 0.3) is 0 Å². The molecule has 332 valence electrons. The molecule has 0 saturated heterocycles. The Morgan fingerprint density at radius 2 is 0.946 bits per heavy atom. The molecule has 9 heteroatoms. The second-order valence-electron chi connectivity index (χ2n) is 16.0. The van der Waals surface area contributed by atoms with Crippen molar-refractivity contribution >= 4 is 13.8 Å². The molecular weight excluding hydrogens is 721 g/mol. The highest BCUT2D eigenvalue weighted by Gasteiger charge is 2.25. The van der Waals surface area contributed by atoms with Crippen molar-refractivity contribution in [3.05, 3.63) is 24.3 Å². The van der Waals surface area contributed by atoms with Crippen molar-refractivity contribution in [2.75, 3.05) is 33.0 Å². The summed E-state index contributed by atoms with van der Waals surface area (Å²) >= 11 is 0. The zero-order chi connectivity index (χ0) is 40.9. The standard InChI is InChI=1S/C47H92NO7P/c1-3-5-7-9-11-13-15-16-17-18-19-20-21-22-23-24-25-26-27-28-29-31-33-35-37-39-42-52-44-46(45-54-56(50,51)53-43-41-48)55-47(49)40-38-36-34-32-30-14-12-10-8-6-4-2/h15-16,18-19,46H,3-14,17,20-45,48H2,1-2H3,(H,50,51)/b16-15-,19-18-. The average Bonchev–Trinajstić information content (AvgIpc) is 3.19. The fourth-order valence-corrected chi connectivity index (χ4v) is 7.62. The molecule has 0 aromatic carbocycles. The van der Waals surface area contributed by atoms with Crippen molar-refractivity contribution in [2.45, 2.75) is 238 Å². The van der Waals surface area contributed by atoms with Crippen LogP contribution in [0.1, 0.15) is 232 Å². The summed E-state index contributed by atoms with van der Waals surface area (Å²) < 4.78 is 33.4. The molecule has 0 spiro atoms. The first kappa shape index (κ1) is 55.0. The Hall–Kier alpha value is -1.02. The van der Waals surface area contributed by atoms with Gasteiger partial charge in [-0.05, 0) is 44.9 Å². The van der Waals surface area contributed by atoms with Crippen LogP contribution in [0.15, 0.2) is 24.3 Å². The summed E-state index contributed by atoms with van der Waals surface area (Å²) in [7, 11) is -4.27. The van der Waals surface area contributed by atoms with E-state index in [1.54, 1.807) is 0 Å². The van der Waals surface area contributed by atoms with Crippen molar-refractivity contribution in [3.63, 3.8) is 0 Å². The molecule has 0 heterocycles. The lowest BCUT2D eigenvalue weighted by Gasteiger charge is -2.20. The molecule has 0 saturated carbocycles. The molecule has 56 heavy (non-hydrogen) atoms. The molecule has 0 aliphatic heterocycles. The summed E-state index contributed by atoms with van der Waals surface area (Å²) in [5.74, 6) is -0.329. The molecule has 0 rings (SSSR count). The topological polar surface area (TPSA) is 117 Å². The van der Waals surface area contributed by atoms with Crippen LogP contribution in [0.4, 0.5) is 0 Å². The van der Waals surface area contributed by atoms with Crippen molar-refractivity contribution in [1.29, 1.82) is 0 Å². The number of phosphoric ester groups is 1. The maximum Gasteiger partial charge on any atom is 0.472 e. The number of hydrogen-bond donors (Lipinski definition) is 2. The number of carbonyl (C=O) groups excluding carboxylic acids is 1. The van der Waals surface area contributed by atoms with Crippen molar-refractivity contribution in [2.24, 2.45) is 5.73 Å². The molecular formula is C47H92NO7P. The normalized spacial score (nSPS) is 13.6. The van der Waals surface area contributed by atoms with Crippen LogP contribution in [-0.4, -0.2) is 49.9 Å². The van der Waals surface area contributed by atoms with E-state index in [1.165, 1.54) is 173 Å². The number of ether oxygens (including phenoxy) is 2. The Balaban J connectivity index is 3.84. The maximum absolute atomic E-state index is 12.6. The first-order valence-electron chi connectivity index (χ1n) is 23.8. The van der Waals surface area contributed by atoms with Gasteiger partial charge < -0.3 is 20.1 Å². The van der Waals surface area contributed by atoms with Gasteiger partial charge in [-0.25, -0.2) is 4.57 Å². The van der Waals surface area contributed by atoms with Crippen LogP contribution in [0, 0.1) is 0 Å². The van der Waals surface area contributed by atoms with E-state index in [0.717, 1.165) is 38.5 Å². The van der Waals surface area contributed by atoms with E-state index in [-0.39, 0.29) is 32.3 Å². The summed E-state index contributed by atoms with van der Waals surface area (Å²) in [6.45, 7) is 4.94. The first-order chi connectivity index (χ1) is 27.4. The number of nitrogens with two attached hydrogens (primary N) is 1. The fourth-order valence-electron chi connectivity index (χ4n) is 6.85. The smallest absolute Gasteiger partial charge is 0.457 e. The fraction of sp³-hybridized carbons (Fsp3) is 0.894. The van der Waals surface area contributed by atoms with Gasteiger partial charge in [0.15, 0.2) is 0 Å². The average molecular weight is 814 g/mol. The van der Waals surface area contributed by atoms with Crippen LogP contribution in [-0.2, 0) is 27.9 Å². The molecule has 8 nitrogen and oxygen atoms in total. The Labute approximate surface area is 346 Å². The summed E-state index contributed by atoms with van der Waals surface area (Å²) in [5.41, 5.74) is 5.37. The van der Waals surface area contributed by atoms with Crippen LogP contribution in [0.2, 0.25) is 0 Å². The number of rotatable bonds is 46. The van der Waals surface area contributed by atoms with Crippen LogP contribution < -0.4 is 5.73 Å². The van der Waals surface area contributed by atoms with E-state index in [0.29, 0.717) is 13.0 Å². The highest BCUT2D eigenvalue weighted by Crippen LogP contribution is 2.43. The van der Waals surface area contributed by atoms with Gasteiger partial charge in [0.05, 0.1) is 19.8 Å². The quantitative estimate of drug-likeness (QED) is 0.0270. The number of allylic oxidation sites excluding steroid dienone is 4. The lowest BCUT2D eigenvalue weighted by atomic mass is 10.0. The monoisotopic (exact) mass is 814 g/mol. The number of unbranched alkanes of at least 4 members (excludes halogenated alkanes) is 29. The molecule has 0 fully saturated rings. The number of hydrogen-bond acceptors (Lipinski definition) is 7. The van der Waals surface area contributed by atoms with Gasteiger partial charge in [0.2, 0.25) is 0 Å². The highest BCUT2D eigenvalue weighted by molar-refractivity contribution is 7.47. The Kier molecular flexibility index (Phi) is 44.3. The minimum atomic E-state index is -4.27. The maximum atomic E-state index is 12.6. The third-order valence-corrected chi connectivity index (χ3v) is 11.4. The zero-order valence-corrected chi connectivity index (χ0v) is 37.8. The summed E-state index contributed by atoms with van der Waals surface area (Å²) in [6.07, 6.45) is 50.7. The van der Waals surface area contributed by atoms with E-state index in [2.05, 4.69) is 38.2 Å². The molecule has 0 aliphatic carbocycles. The third kappa shape index (κ3) is 44.1. The van der Waals surface area contributed by atoms with E-state index < -0.39 is 13.9 Å². The predicted molar refractivity (Wildman–Crippen MR) is 238 cm³/mol. The van der Waals surface area contributed by atoms with Crippen LogP contribution in [0.3, 0.4) is 0 Å². The molecule has 2 unspecified atom stereocenters. The van der Waals surface area contributed by atoms with Crippen LogP contribution >= 0.6 is 7.82 Å². The largest absolute Gasteiger partial charge is 0.472 e. The lowest BCUT2D eigenvalue weighted by molar-refractivity contribution is -0.154. The van der Waals surface area contributed by atoms with E-state index in [9.17, 15) is 14.3 Å².